The number of ether oxygens (including phenoxy) is 1. The molecule has 0 spiro atoms. The van der Waals surface area contributed by atoms with Gasteiger partial charge in [-0.25, -0.2) is 9.78 Å². The molecule has 0 radical (unpaired) electrons. The van der Waals surface area contributed by atoms with Crippen molar-refractivity contribution in [2.75, 3.05) is 5.73 Å². The van der Waals surface area contributed by atoms with Gasteiger partial charge < -0.3 is 20.3 Å². The molecular formula is C20H26F3N5O3. The van der Waals surface area contributed by atoms with Crippen molar-refractivity contribution in [3.63, 3.8) is 0 Å². The van der Waals surface area contributed by atoms with Crippen LogP contribution in [0.25, 0.3) is 11.4 Å². The zero-order chi connectivity index (χ0) is 23.7. The lowest BCUT2D eigenvalue weighted by Gasteiger charge is -2.21. The number of nitrogens with two attached hydrogens (primary N) is 1. The number of amides is 1. The molecule has 11 heteroatoms. The molecular weight excluding hydrogens is 415 g/mol. The van der Waals surface area contributed by atoms with E-state index in [0.29, 0.717) is 5.56 Å². The van der Waals surface area contributed by atoms with Crippen molar-refractivity contribution >= 4 is 11.9 Å². The van der Waals surface area contributed by atoms with E-state index in [1.165, 1.54) is 18.3 Å². The lowest BCUT2D eigenvalue weighted by atomic mass is 10.2. The number of pyridine rings is 1. The summed E-state index contributed by atoms with van der Waals surface area (Å²) in [6.45, 7) is 9.30. The highest BCUT2D eigenvalue weighted by Crippen LogP contribution is 2.29. The number of alkyl carbamates (subject to hydrolysis) is 1. The van der Waals surface area contributed by atoms with Gasteiger partial charge in [0.05, 0.1) is 0 Å². The monoisotopic (exact) mass is 441 g/mol. The van der Waals surface area contributed by atoms with Gasteiger partial charge in [0.15, 0.2) is 0 Å². The predicted molar refractivity (Wildman–Crippen MR) is 108 cm³/mol. The molecule has 1 unspecified atom stereocenters. The van der Waals surface area contributed by atoms with Crippen LogP contribution in [0.1, 0.15) is 53.4 Å². The molecule has 170 valence electrons. The molecule has 2 rings (SSSR count). The minimum atomic E-state index is -4.65. The summed E-state index contributed by atoms with van der Waals surface area (Å²) < 4.78 is 45.6. The van der Waals surface area contributed by atoms with Gasteiger partial charge in [-0.05, 0) is 53.2 Å². The number of hydrogen-bond donors (Lipinski definition) is 2. The fourth-order valence-corrected chi connectivity index (χ4v) is 1.99. The number of carbonyl (C=O) groups is 1. The Bertz CT molecular complexity index is 894. The maximum atomic E-state index is 12.1. The number of anilines is 1. The number of nitrogens with one attached hydrogen (secondary N) is 1. The highest BCUT2D eigenvalue weighted by atomic mass is 19.4. The number of nitrogen functional groups attached to an aromatic ring is 1. The average molecular weight is 441 g/mol. The molecule has 0 fully saturated rings. The predicted octanol–water partition coefficient (Wildman–Crippen LogP) is 4.44. The molecule has 0 aliphatic carbocycles. The molecule has 2 aromatic heterocycles. The minimum absolute atomic E-state index is 0.0979. The first-order valence-corrected chi connectivity index (χ1v) is 9.33. The van der Waals surface area contributed by atoms with Crippen molar-refractivity contribution in [2.45, 2.75) is 65.3 Å². The van der Waals surface area contributed by atoms with Crippen LogP contribution in [0.5, 0.6) is 0 Å². The second-order valence-corrected chi connectivity index (χ2v) is 7.41. The van der Waals surface area contributed by atoms with Crippen molar-refractivity contribution in [1.82, 2.24) is 20.4 Å². The smallest absolute Gasteiger partial charge is 0.444 e. The number of hydrogen-bond acceptors (Lipinski definition) is 7. The van der Waals surface area contributed by atoms with Crippen LogP contribution in [-0.2, 0) is 10.9 Å². The topological polar surface area (TPSA) is 116 Å². The number of aromatic nitrogens is 3. The highest BCUT2D eigenvalue weighted by Gasteiger charge is 2.38. The molecule has 31 heavy (non-hydrogen) atoms. The van der Waals surface area contributed by atoms with Crippen molar-refractivity contribution in [1.29, 1.82) is 0 Å². The SMILES string of the molecule is CC#CCCC(C)NC(=O)OC(C)(C)C.Nc1ccc(-c2noc(C(F)(F)F)n2)cn1. The molecule has 0 bridgehead atoms. The molecule has 3 N–H and O–H groups in total. The van der Waals surface area contributed by atoms with E-state index in [0.717, 1.165) is 12.8 Å². The Labute approximate surface area is 178 Å². The van der Waals surface area contributed by atoms with Gasteiger partial charge in [0.1, 0.15) is 11.4 Å². The maximum absolute atomic E-state index is 12.1. The van der Waals surface area contributed by atoms with Crippen LogP contribution in [0.4, 0.5) is 23.8 Å². The van der Waals surface area contributed by atoms with Crippen molar-refractivity contribution in [3.05, 3.63) is 24.2 Å². The summed E-state index contributed by atoms with van der Waals surface area (Å²) in [5, 5.41) is 5.96. The van der Waals surface area contributed by atoms with E-state index in [1.807, 2.05) is 34.6 Å². The number of rotatable bonds is 4. The van der Waals surface area contributed by atoms with E-state index >= 15 is 0 Å². The maximum Gasteiger partial charge on any atom is 0.471 e. The number of alkyl halides is 3. The van der Waals surface area contributed by atoms with E-state index in [2.05, 4.69) is 36.8 Å². The van der Waals surface area contributed by atoms with Gasteiger partial charge in [0, 0.05) is 24.2 Å². The Morgan fingerprint density at radius 3 is 2.48 bits per heavy atom. The summed E-state index contributed by atoms with van der Waals surface area (Å²) >= 11 is 0. The molecule has 2 heterocycles. The summed E-state index contributed by atoms with van der Waals surface area (Å²) in [5.41, 5.74) is 5.19. The van der Waals surface area contributed by atoms with Gasteiger partial charge in [-0.1, -0.05) is 5.16 Å². The Balaban J connectivity index is 0.000000311. The third-order valence-corrected chi connectivity index (χ3v) is 3.36. The Kier molecular flexibility index (Phi) is 9.30. The Hall–Kier alpha value is -3.29. The van der Waals surface area contributed by atoms with E-state index in [1.54, 1.807) is 0 Å². The summed E-state index contributed by atoms with van der Waals surface area (Å²) in [5.74, 6) is 4.46. The Morgan fingerprint density at radius 1 is 1.32 bits per heavy atom. The van der Waals surface area contributed by atoms with Gasteiger partial charge in [-0.3, -0.25) is 0 Å². The molecule has 0 aliphatic heterocycles. The first-order valence-electron chi connectivity index (χ1n) is 9.33. The number of carbonyl (C=O) groups excluding carboxylic acids is 1. The third-order valence-electron chi connectivity index (χ3n) is 3.36. The summed E-state index contributed by atoms with van der Waals surface area (Å²) in [6, 6.07) is 2.98. The van der Waals surface area contributed by atoms with Crippen molar-refractivity contribution in [3.8, 4) is 23.2 Å². The molecule has 0 aliphatic rings. The fourth-order valence-electron chi connectivity index (χ4n) is 1.99. The largest absolute Gasteiger partial charge is 0.471 e. The zero-order valence-electron chi connectivity index (χ0n) is 18.0. The highest BCUT2D eigenvalue weighted by molar-refractivity contribution is 5.68. The lowest BCUT2D eigenvalue weighted by molar-refractivity contribution is -0.159. The zero-order valence-corrected chi connectivity index (χ0v) is 18.0. The van der Waals surface area contributed by atoms with Gasteiger partial charge in [0.2, 0.25) is 5.82 Å². The molecule has 8 nitrogen and oxygen atoms in total. The standard InChI is InChI=1S/C12H21NO2.C8H5F3N4O/c1-6-7-8-9-10(2)13-11(14)15-12(3,4)5;9-8(10,11)7-14-6(15-16-7)4-1-2-5(12)13-3-4/h10H,8-9H2,1-5H3,(H,13,14);1-3H,(H2,12,13). The molecule has 1 atom stereocenters. The van der Waals surface area contributed by atoms with Crippen molar-refractivity contribution < 1.29 is 27.2 Å². The van der Waals surface area contributed by atoms with E-state index in [4.69, 9.17) is 10.5 Å². The number of nitrogens with zero attached hydrogens (tertiary/aromatic N) is 3. The van der Waals surface area contributed by atoms with Crippen LogP contribution in [-0.4, -0.2) is 32.9 Å². The van der Waals surface area contributed by atoms with Gasteiger partial charge in [-0.15, -0.1) is 11.8 Å². The van der Waals surface area contributed by atoms with Gasteiger partial charge in [0.25, 0.3) is 0 Å². The first kappa shape index (κ1) is 25.7. The minimum Gasteiger partial charge on any atom is -0.444 e. The summed E-state index contributed by atoms with van der Waals surface area (Å²) in [6.07, 6.45) is -2.10. The first-order chi connectivity index (χ1) is 14.3. The quantitative estimate of drug-likeness (QED) is 0.674. The van der Waals surface area contributed by atoms with E-state index in [9.17, 15) is 18.0 Å². The van der Waals surface area contributed by atoms with E-state index in [-0.39, 0.29) is 23.8 Å². The van der Waals surface area contributed by atoms with Crippen LogP contribution in [0, 0.1) is 11.8 Å². The second-order valence-electron chi connectivity index (χ2n) is 7.41. The van der Waals surface area contributed by atoms with Gasteiger partial charge >= 0.3 is 18.2 Å². The molecule has 1 amide bonds. The van der Waals surface area contributed by atoms with Crippen LogP contribution in [0.2, 0.25) is 0 Å². The van der Waals surface area contributed by atoms with E-state index < -0.39 is 17.7 Å². The molecule has 0 saturated carbocycles. The van der Waals surface area contributed by atoms with Crippen LogP contribution in [0.3, 0.4) is 0 Å². The van der Waals surface area contributed by atoms with Crippen LogP contribution >= 0.6 is 0 Å². The molecule has 0 aromatic carbocycles. The molecule has 0 saturated heterocycles. The second kappa shape index (κ2) is 11.2. The lowest BCUT2D eigenvalue weighted by Crippen LogP contribution is -2.37. The summed E-state index contributed by atoms with van der Waals surface area (Å²) in [7, 11) is 0. The Morgan fingerprint density at radius 2 is 2.00 bits per heavy atom. The normalized spacial score (nSPS) is 12.0. The average Bonchev–Trinajstić information content (AvgIpc) is 3.12. The number of halogens is 3. The third kappa shape index (κ3) is 10.3. The van der Waals surface area contributed by atoms with Gasteiger partial charge in [-0.2, -0.15) is 18.2 Å². The fraction of sp³-hybridized carbons (Fsp3) is 0.500. The van der Waals surface area contributed by atoms with Crippen LogP contribution in [0.15, 0.2) is 22.9 Å². The van der Waals surface area contributed by atoms with Crippen molar-refractivity contribution in [2.24, 2.45) is 0 Å². The molecule has 2 aromatic rings. The summed E-state index contributed by atoms with van der Waals surface area (Å²) in [4.78, 5) is 18.2. The van der Waals surface area contributed by atoms with Crippen LogP contribution < -0.4 is 11.1 Å².